The van der Waals surface area contributed by atoms with E-state index in [0.29, 0.717) is 0 Å². The molecule has 0 aromatic heterocycles. The van der Waals surface area contributed by atoms with Gasteiger partial charge in [-0.2, -0.15) is 0 Å². The Morgan fingerprint density at radius 3 is 2.19 bits per heavy atom. The molecule has 2 nitrogen and oxygen atoms in total. The lowest BCUT2D eigenvalue weighted by molar-refractivity contribution is -0.0158. The number of hydrogen-bond acceptors (Lipinski definition) is 2. The van der Waals surface area contributed by atoms with Crippen molar-refractivity contribution in [1.29, 1.82) is 0 Å². The fraction of sp³-hybridized carbons (Fsp3) is 1.00. The lowest BCUT2D eigenvalue weighted by atomic mass is 9.54. The highest BCUT2D eigenvalue weighted by Gasteiger charge is 2.47. The topological polar surface area (TPSA) is 21.3 Å². The maximum absolute atomic E-state index is 5.41. The van der Waals surface area contributed by atoms with Crippen LogP contribution in [0.3, 0.4) is 0 Å². The number of ether oxygens (including phenoxy) is 1. The van der Waals surface area contributed by atoms with Crippen LogP contribution in [0.1, 0.15) is 39.0 Å². The molecule has 0 radical (unpaired) electrons. The monoisotopic (exact) mass is 223 g/mol. The van der Waals surface area contributed by atoms with Gasteiger partial charge >= 0.3 is 0 Å². The van der Waals surface area contributed by atoms with Crippen LogP contribution >= 0.6 is 0 Å². The Labute approximate surface area is 99.1 Å². The van der Waals surface area contributed by atoms with Crippen LogP contribution in [0.2, 0.25) is 0 Å². The highest BCUT2D eigenvalue weighted by Crippen LogP contribution is 2.53. The van der Waals surface area contributed by atoms with E-state index in [1.54, 1.807) is 6.42 Å². The lowest BCUT2D eigenvalue weighted by Crippen LogP contribution is -2.54. The second-order valence-corrected chi connectivity index (χ2v) is 6.11. The predicted molar refractivity (Wildman–Crippen MR) is 65.3 cm³/mol. The summed E-state index contributed by atoms with van der Waals surface area (Å²) in [5.41, 5.74) is 0. The molecule has 4 rings (SSSR count). The van der Waals surface area contributed by atoms with Crippen molar-refractivity contribution >= 4 is 0 Å². The van der Waals surface area contributed by atoms with Gasteiger partial charge in [0.15, 0.2) is 0 Å². The first-order valence-electron chi connectivity index (χ1n) is 7.18. The van der Waals surface area contributed by atoms with Crippen molar-refractivity contribution in [2.24, 2.45) is 23.7 Å². The first-order chi connectivity index (χ1) is 7.86. The molecule has 0 aromatic carbocycles. The summed E-state index contributed by atoms with van der Waals surface area (Å²) in [6.45, 7) is 4.87. The third kappa shape index (κ3) is 2.02. The van der Waals surface area contributed by atoms with Crippen LogP contribution in [-0.4, -0.2) is 25.8 Å². The third-order valence-corrected chi connectivity index (χ3v) is 5.06. The zero-order valence-electron chi connectivity index (χ0n) is 10.5. The molecule has 0 heterocycles. The summed E-state index contributed by atoms with van der Waals surface area (Å²) in [5, 5.41) is 3.77. The fourth-order valence-electron chi connectivity index (χ4n) is 4.70. The maximum Gasteiger partial charge on any atom is 0.0590 e. The smallest absolute Gasteiger partial charge is 0.0590 e. The highest BCUT2D eigenvalue weighted by molar-refractivity contribution is 5.01. The van der Waals surface area contributed by atoms with Crippen molar-refractivity contribution in [3.63, 3.8) is 0 Å². The molecule has 4 aliphatic rings. The first-order valence-corrected chi connectivity index (χ1v) is 7.18. The molecule has 1 N–H and O–H groups in total. The van der Waals surface area contributed by atoms with E-state index in [-0.39, 0.29) is 0 Å². The van der Waals surface area contributed by atoms with Gasteiger partial charge in [0.2, 0.25) is 0 Å². The first kappa shape index (κ1) is 11.0. The zero-order chi connectivity index (χ0) is 11.0. The quantitative estimate of drug-likeness (QED) is 0.723. The standard InChI is InChI=1S/C14H25NO/c1-2-16-4-3-15-14-12-6-10-5-11(8-12)9-13(14)7-10/h10-15H,2-9H2,1H3. The van der Waals surface area contributed by atoms with Crippen molar-refractivity contribution in [3.8, 4) is 0 Å². The van der Waals surface area contributed by atoms with E-state index in [4.69, 9.17) is 4.74 Å². The van der Waals surface area contributed by atoms with Crippen LogP contribution in [-0.2, 0) is 4.74 Å². The molecule has 0 unspecified atom stereocenters. The Bertz CT molecular complexity index is 213. The Hall–Kier alpha value is -0.0800. The molecule has 4 saturated carbocycles. The second kappa shape index (κ2) is 4.66. The average molecular weight is 223 g/mol. The Morgan fingerprint density at radius 1 is 1.00 bits per heavy atom. The van der Waals surface area contributed by atoms with Crippen LogP contribution in [0.25, 0.3) is 0 Å². The minimum atomic E-state index is 0.827. The van der Waals surface area contributed by atoms with E-state index in [0.717, 1.165) is 49.5 Å². The molecule has 92 valence electrons. The van der Waals surface area contributed by atoms with E-state index >= 15 is 0 Å². The Kier molecular flexibility index (Phi) is 3.21. The summed E-state index contributed by atoms with van der Waals surface area (Å²) in [5.74, 6) is 4.18. The summed E-state index contributed by atoms with van der Waals surface area (Å²) in [6.07, 6.45) is 7.61. The molecule has 2 heteroatoms. The van der Waals surface area contributed by atoms with Crippen molar-refractivity contribution in [1.82, 2.24) is 5.32 Å². The van der Waals surface area contributed by atoms with Crippen LogP contribution in [0.15, 0.2) is 0 Å². The third-order valence-electron chi connectivity index (χ3n) is 5.06. The molecule has 0 saturated heterocycles. The van der Waals surface area contributed by atoms with Gasteiger partial charge in [0.1, 0.15) is 0 Å². The Balaban J connectivity index is 1.52. The van der Waals surface area contributed by atoms with E-state index < -0.39 is 0 Å². The molecular formula is C14H25NO. The molecule has 0 atom stereocenters. The lowest BCUT2D eigenvalue weighted by Gasteiger charge is -2.54. The SMILES string of the molecule is CCOCCNC1C2CC3CC(C2)CC1C3. The maximum atomic E-state index is 5.41. The van der Waals surface area contributed by atoms with Gasteiger partial charge in [-0.1, -0.05) is 0 Å². The van der Waals surface area contributed by atoms with Crippen LogP contribution < -0.4 is 5.32 Å². The van der Waals surface area contributed by atoms with Crippen LogP contribution in [0, 0.1) is 23.7 Å². The number of rotatable bonds is 5. The van der Waals surface area contributed by atoms with Gasteiger partial charge in [0.25, 0.3) is 0 Å². The summed E-state index contributed by atoms with van der Waals surface area (Å²) < 4.78 is 5.41. The van der Waals surface area contributed by atoms with Gasteiger partial charge in [-0.05, 0) is 62.7 Å². The second-order valence-electron chi connectivity index (χ2n) is 6.11. The largest absolute Gasteiger partial charge is 0.380 e. The van der Waals surface area contributed by atoms with E-state index in [1.807, 2.05) is 0 Å². The molecule has 16 heavy (non-hydrogen) atoms. The Morgan fingerprint density at radius 2 is 1.62 bits per heavy atom. The minimum Gasteiger partial charge on any atom is -0.380 e. The molecule has 4 fully saturated rings. The molecule has 0 aromatic rings. The van der Waals surface area contributed by atoms with Crippen molar-refractivity contribution in [3.05, 3.63) is 0 Å². The van der Waals surface area contributed by atoms with Gasteiger partial charge in [-0.15, -0.1) is 0 Å². The molecule has 4 bridgehead atoms. The van der Waals surface area contributed by atoms with Gasteiger partial charge in [-0.25, -0.2) is 0 Å². The van der Waals surface area contributed by atoms with Gasteiger partial charge in [0.05, 0.1) is 6.61 Å². The van der Waals surface area contributed by atoms with Gasteiger partial charge in [0, 0.05) is 19.2 Å². The molecule has 0 amide bonds. The summed E-state index contributed by atoms with van der Waals surface area (Å²) >= 11 is 0. The minimum absolute atomic E-state index is 0.827. The fourth-order valence-corrected chi connectivity index (χ4v) is 4.70. The van der Waals surface area contributed by atoms with Crippen LogP contribution in [0.4, 0.5) is 0 Å². The molecule has 0 aliphatic heterocycles. The molecule has 4 aliphatic carbocycles. The summed E-state index contributed by atoms with van der Waals surface area (Å²) in [4.78, 5) is 0. The predicted octanol–water partition coefficient (Wildman–Crippen LogP) is 2.44. The van der Waals surface area contributed by atoms with Crippen molar-refractivity contribution < 1.29 is 4.74 Å². The average Bonchev–Trinajstić information content (AvgIpc) is 2.26. The molecular weight excluding hydrogens is 198 g/mol. The van der Waals surface area contributed by atoms with E-state index in [1.165, 1.54) is 25.7 Å². The van der Waals surface area contributed by atoms with Gasteiger partial charge < -0.3 is 10.1 Å². The zero-order valence-corrected chi connectivity index (χ0v) is 10.5. The van der Waals surface area contributed by atoms with Crippen molar-refractivity contribution in [2.45, 2.75) is 45.1 Å². The van der Waals surface area contributed by atoms with Crippen molar-refractivity contribution in [2.75, 3.05) is 19.8 Å². The summed E-state index contributed by atoms with van der Waals surface area (Å²) in [6, 6.07) is 0.827. The summed E-state index contributed by atoms with van der Waals surface area (Å²) in [7, 11) is 0. The van der Waals surface area contributed by atoms with E-state index in [9.17, 15) is 0 Å². The normalized spacial score (nSPS) is 45.2. The highest BCUT2D eigenvalue weighted by atomic mass is 16.5. The number of hydrogen-bond donors (Lipinski definition) is 1. The number of nitrogens with one attached hydrogen (secondary N) is 1. The van der Waals surface area contributed by atoms with Gasteiger partial charge in [-0.3, -0.25) is 0 Å². The van der Waals surface area contributed by atoms with Crippen LogP contribution in [0.5, 0.6) is 0 Å². The molecule has 0 spiro atoms. The van der Waals surface area contributed by atoms with E-state index in [2.05, 4.69) is 12.2 Å².